The Hall–Kier alpha value is -1.23. The molecule has 1 aromatic heterocycles. The molecule has 0 bridgehead atoms. The van der Waals surface area contributed by atoms with Crippen molar-refractivity contribution in [2.45, 2.75) is 31.2 Å². The van der Waals surface area contributed by atoms with Crippen molar-refractivity contribution in [3.05, 3.63) is 18.3 Å². The highest BCUT2D eigenvalue weighted by Crippen LogP contribution is 2.32. The predicted molar refractivity (Wildman–Crippen MR) is 53.9 cm³/mol. The van der Waals surface area contributed by atoms with Crippen molar-refractivity contribution in [3.8, 4) is 0 Å². The molecular weight excluding hydrogens is 197 g/mol. The van der Waals surface area contributed by atoms with Gasteiger partial charge in [0.25, 0.3) is 0 Å². The smallest absolute Gasteiger partial charge is 0.217 e. The van der Waals surface area contributed by atoms with E-state index >= 15 is 0 Å². The van der Waals surface area contributed by atoms with Gasteiger partial charge in [-0.25, -0.2) is 9.97 Å². The molecule has 2 N–H and O–H groups in total. The SMILES string of the molecule is OCC1(Nc2cc(F)ncn2)CCCC1. The molecule has 0 unspecified atom stereocenters. The molecule has 0 radical (unpaired) electrons. The lowest BCUT2D eigenvalue weighted by Crippen LogP contribution is -2.39. The molecule has 1 fully saturated rings. The molecule has 1 saturated carbocycles. The Bertz CT molecular complexity index is 339. The second-order valence-electron chi connectivity index (χ2n) is 4.00. The average Bonchev–Trinajstić information content (AvgIpc) is 2.67. The second kappa shape index (κ2) is 4.10. The number of aliphatic hydroxyl groups excluding tert-OH is 1. The number of aromatic nitrogens is 2. The first-order chi connectivity index (χ1) is 7.24. The minimum atomic E-state index is -0.557. The Balaban J connectivity index is 2.12. The van der Waals surface area contributed by atoms with Crippen LogP contribution in [0.2, 0.25) is 0 Å². The van der Waals surface area contributed by atoms with Crippen molar-refractivity contribution < 1.29 is 9.50 Å². The van der Waals surface area contributed by atoms with E-state index in [0.717, 1.165) is 25.7 Å². The fourth-order valence-corrected chi connectivity index (χ4v) is 2.05. The highest BCUT2D eigenvalue weighted by atomic mass is 19.1. The summed E-state index contributed by atoms with van der Waals surface area (Å²) in [5.74, 6) is -0.114. The molecule has 0 spiro atoms. The molecule has 0 aromatic carbocycles. The van der Waals surface area contributed by atoms with Crippen LogP contribution in [-0.2, 0) is 0 Å². The van der Waals surface area contributed by atoms with E-state index in [1.165, 1.54) is 12.4 Å². The zero-order chi connectivity index (χ0) is 10.7. The lowest BCUT2D eigenvalue weighted by molar-refractivity contribution is 0.213. The Kier molecular flexibility index (Phi) is 2.81. The summed E-state index contributed by atoms with van der Waals surface area (Å²) in [6.07, 6.45) is 5.14. The van der Waals surface area contributed by atoms with Crippen molar-refractivity contribution in [2.24, 2.45) is 0 Å². The predicted octanol–water partition coefficient (Wildman–Crippen LogP) is 1.33. The molecule has 2 rings (SSSR count). The van der Waals surface area contributed by atoms with Crippen molar-refractivity contribution in [3.63, 3.8) is 0 Å². The van der Waals surface area contributed by atoms with Crippen LogP contribution in [0.1, 0.15) is 25.7 Å². The zero-order valence-corrected chi connectivity index (χ0v) is 8.41. The summed E-state index contributed by atoms with van der Waals surface area (Å²) in [4.78, 5) is 7.31. The molecule has 15 heavy (non-hydrogen) atoms. The molecule has 1 aliphatic rings. The van der Waals surface area contributed by atoms with Gasteiger partial charge in [0.1, 0.15) is 12.1 Å². The Labute approximate surface area is 87.6 Å². The van der Waals surface area contributed by atoms with Crippen LogP contribution in [0.5, 0.6) is 0 Å². The lowest BCUT2D eigenvalue weighted by Gasteiger charge is -2.28. The normalized spacial score (nSPS) is 19.1. The fraction of sp³-hybridized carbons (Fsp3) is 0.600. The number of nitrogens with zero attached hydrogens (tertiary/aromatic N) is 2. The molecule has 0 aliphatic heterocycles. The van der Waals surface area contributed by atoms with Crippen LogP contribution in [-0.4, -0.2) is 27.2 Å². The Morgan fingerprint density at radius 1 is 1.40 bits per heavy atom. The van der Waals surface area contributed by atoms with E-state index in [1.807, 2.05) is 0 Å². The highest BCUT2D eigenvalue weighted by Gasteiger charge is 2.33. The first kappa shape index (κ1) is 10.3. The van der Waals surface area contributed by atoms with Crippen LogP contribution in [0.15, 0.2) is 12.4 Å². The van der Waals surface area contributed by atoms with Gasteiger partial charge in [0.2, 0.25) is 5.95 Å². The van der Waals surface area contributed by atoms with E-state index in [0.29, 0.717) is 5.82 Å². The van der Waals surface area contributed by atoms with Gasteiger partial charge in [-0.3, -0.25) is 0 Å². The number of nitrogens with one attached hydrogen (secondary N) is 1. The van der Waals surface area contributed by atoms with Gasteiger partial charge in [0.15, 0.2) is 0 Å². The molecule has 82 valence electrons. The van der Waals surface area contributed by atoms with Crippen molar-refractivity contribution in [1.82, 2.24) is 9.97 Å². The summed E-state index contributed by atoms with van der Waals surface area (Å²) in [7, 11) is 0. The van der Waals surface area contributed by atoms with Gasteiger partial charge in [-0.1, -0.05) is 12.8 Å². The quantitative estimate of drug-likeness (QED) is 0.740. The number of hydrogen-bond donors (Lipinski definition) is 2. The van der Waals surface area contributed by atoms with Gasteiger partial charge in [-0.05, 0) is 12.8 Å². The molecule has 1 aliphatic carbocycles. The summed E-state index contributed by atoms with van der Waals surface area (Å²) in [5, 5.41) is 12.5. The number of aliphatic hydroxyl groups is 1. The van der Waals surface area contributed by atoms with Crippen molar-refractivity contribution >= 4 is 5.82 Å². The van der Waals surface area contributed by atoms with Gasteiger partial charge < -0.3 is 10.4 Å². The van der Waals surface area contributed by atoms with Crippen LogP contribution in [0, 0.1) is 5.95 Å². The molecule has 5 heteroatoms. The fourth-order valence-electron chi connectivity index (χ4n) is 2.05. The summed E-state index contributed by atoms with van der Waals surface area (Å²) in [6.45, 7) is 0.0542. The third-order valence-corrected chi connectivity index (χ3v) is 2.89. The van der Waals surface area contributed by atoms with Crippen LogP contribution in [0.3, 0.4) is 0 Å². The van der Waals surface area contributed by atoms with Crippen LogP contribution >= 0.6 is 0 Å². The summed E-state index contributed by atoms with van der Waals surface area (Å²) >= 11 is 0. The van der Waals surface area contributed by atoms with Crippen molar-refractivity contribution in [2.75, 3.05) is 11.9 Å². The van der Waals surface area contributed by atoms with Gasteiger partial charge in [0, 0.05) is 6.07 Å². The molecule has 0 atom stereocenters. The third kappa shape index (κ3) is 2.23. The second-order valence-corrected chi connectivity index (χ2v) is 4.00. The van der Waals surface area contributed by atoms with Crippen LogP contribution in [0.4, 0.5) is 10.2 Å². The minimum absolute atomic E-state index is 0.0542. The largest absolute Gasteiger partial charge is 0.394 e. The maximum absolute atomic E-state index is 12.8. The number of rotatable bonds is 3. The number of hydrogen-bond acceptors (Lipinski definition) is 4. The van der Waals surface area contributed by atoms with Crippen LogP contribution < -0.4 is 5.32 Å². The maximum Gasteiger partial charge on any atom is 0.217 e. The summed E-state index contributed by atoms with van der Waals surface area (Å²) in [6, 6.07) is 1.25. The number of halogens is 1. The standard InChI is InChI=1S/C10H14FN3O/c11-8-5-9(13-7-12-8)14-10(6-15)3-1-2-4-10/h5,7,15H,1-4,6H2,(H,12,13,14). The van der Waals surface area contributed by atoms with E-state index in [4.69, 9.17) is 0 Å². The van der Waals surface area contributed by atoms with Gasteiger partial charge in [-0.15, -0.1) is 0 Å². The van der Waals surface area contributed by atoms with Crippen molar-refractivity contribution in [1.29, 1.82) is 0 Å². The van der Waals surface area contributed by atoms with Crippen LogP contribution in [0.25, 0.3) is 0 Å². The Morgan fingerprint density at radius 2 is 2.13 bits per heavy atom. The average molecular weight is 211 g/mol. The van der Waals surface area contributed by atoms with E-state index in [9.17, 15) is 9.50 Å². The first-order valence-electron chi connectivity index (χ1n) is 5.11. The minimum Gasteiger partial charge on any atom is -0.394 e. The topological polar surface area (TPSA) is 58.0 Å². The van der Waals surface area contributed by atoms with E-state index in [1.54, 1.807) is 0 Å². The molecule has 0 saturated heterocycles. The molecule has 1 aromatic rings. The third-order valence-electron chi connectivity index (χ3n) is 2.89. The van der Waals surface area contributed by atoms with Gasteiger partial charge in [0.05, 0.1) is 12.1 Å². The molecule has 1 heterocycles. The molecule has 4 nitrogen and oxygen atoms in total. The molecular formula is C10H14FN3O. The maximum atomic E-state index is 12.8. The molecule has 0 amide bonds. The monoisotopic (exact) mass is 211 g/mol. The highest BCUT2D eigenvalue weighted by molar-refractivity contribution is 5.36. The Morgan fingerprint density at radius 3 is 2.73 bits per heavy atom. The van der Waals surface area contributed by atoms with E-state index in [-0.39, 0.29) is 12.1 Å². The summed E-state index contributed by atoms with van der Waals surface area (Å²) < 4.78 is 12.8. The number of anilines is 1. The van der Waals surface area contributed by atoms with Gasteiger partial charge in [-0.2, -0.15) is 4.39 Å². The lowest BCUT2D eigenvalue weighted by atomic mass is 9.99. The van der Waals surface area contributed by atoms with Gasteiger partial charge >= 0.3 is 0 Å². The summed E-state index contributed by atoms with van der Waals surface area (Å²) in [5.41, 5.74) is -0.319. The van der Waals surface area contributed by atoms with E-state index < -0.39 is 5.95 Å². The zero-order valence-electron chi connectivity index (χ0n) is 8.41. The van der Waals surface area contributed by atoms with E-state index in [2.05, 4.69) is 15.3 Å². The first-order valence-corrected chi connectivity index (χ1v) is 5.11.